The molecule has 2 aromatic carbocycles. The van der Waals surface area contributed by atoms with Crippen molar-refractivity contribution in [3.05, 3.63) is 58.1 Å². The Bertz CT molecular complexity index is 1040. The van der Waals surface area contributed by atoms with Crippen molar-refractivity contribution in [3.8, 4) is 0 Å². The van der Waals surface area contributed by atoms with Gasteiger partial charge in [-0.1, -0.05) is 15.9 Å². The van der Waals surface area contributed by atoms with Crippen LogP contribution in [-0.2, 0) is 24.8 Å². The molecule has 1 saturated heterocycles. The van der Waals surface area contributed by atoms with Gasteiger partial charge in [0.05, 0.1) is 18.9 Å². The van der Waals surface area contributed by atoms with Gasteiger partial charge < -0.3 is 19.7 Å². The number of benzene rings is 2. The monoisotopic (exact) mass is 503 g/mol. The zero-order valence-electron chi connectivity index (χ0n) is 17.1. The number of fused-ring (bicyclic) bond motifs is 2. The van der Waals surface area contributed by atoms with Crippen LogP contribution in [0.15, 0.2) is 46.9 Å². The molecule has 0 unspecified atom stereocenters. The lowest BCUT2D eigenvalue weighted by Gasteiger charge is -2.32. The molecule has 4 rings (SSSR count). The lowest BCUT2D eigenvalue weighted by molar-refractivity contribution is -0.256. The van der Waals surface area contributed by atoms with E-state index in [1.54, 1.807) is 22.5 Å². The van der Waals surface area contributed by atoms with Crippen LogP contribution in [0.25, 0.3) is 0 Å². The van der Waals surface area contributed by atoms with Gasteiger partial charge in [0.1, 0.15) is 0 Å². The molecule has 3 amide bonds. The van der Waals surface area contributed by atoms with E-state index in [9.17, 15) is 14.4 Å². The van der Waals surface area contributed by atoms with E-state index in [4.69, 9.17) is 14.7 Å². The van der Waals surface area contributed by atoms with E-state index in [1.807, 2.05) is 18.2 Å². The van der Waals surface area contributed by atoms with Crippen molar-refractivity contribution >= 4 is 45.0 Å². The Morgan fingerprint density at radius 1 is 1.12 bits per heavy atom. The van der Waals surface area contributed by atoms with E-state index in [0.717, 1.165) is 16.6 Å². The second-order valence-corrected chi connectivity index (χ2v) is 8.37. The number of rotatable bonds is 6. The highest BCUT2D eigenvalue weighted by molar-refractivity contribution is 9.10. The van der Waals surface area contributed by atoms with E-state index in [2.05, 4.69) is 21.2 Å². The highest BCUT2D eigenvalue weighted by Gasteiger charge is 2.54. The van der Waals surface area contributed by atoms with Crippen LogP contribution in [0.5, 0.6) is 0 Å². The molecule has 2 heterocycles. The second kappa shape index (κ2) is 9.37. The van der Waals surface area contributed by atoms with Crippen molar-refractivity contribution in [1.29, 1.82) is 0 Å². The van der Waals surface area contributed by atoms with Gasteiger partial charge in [-0.3, -0.25) is 19.6 Å². The summed E-state index contributed by atoms with van der Waals surface area (Å²) >= 11 is 3.45. The van der Waals surface area contributed by atoms with E-state index >= 15 is 0 Å². The Morgan fingerprint density at radius 2 is 1.84 bits per heavy atom. The van der Waals surface area contributed by atoms with Crippen LogP contribution in [0.3, 0.4) is 0 Å². The van der Waals surface area contributed by atoms with Gasteiger partial charge in [-0.05, 0) is 55.3 Å². The third-order valence-electron chi connectivity index (χ3n) is 5.35. The predicted octanol–water partition coefficient (Wildman–Crippen LogP) is 2.92. The number of ether oxygens (including phenoxy) is 2. The van der Waals surface area contributed by atoms with E-state index in [-0.39, 0.29) is 23.8 Å². The van der Waals surface area contributed by atoms with E-state index < -0.39 is 11.7 Å². The van der Waals surface area contributed by atoms with Crippen LogP contribution < -0.4 is 15.7 Å². The number of carbonyl (C=O) groups is 3. The topological polar surface area (TPSA) is 117 Å². The Morgan fingerprint density at radius 3 is 2.53 bits per heavy atom. The van der Waals surface area contributed by atoms with Crippen LogP contribution in [0.4, 0.5) is 11.4 Å². The average molecular weight is 504 g/mol. The first-order valence-electron chi connectivity index (χ1n) is 10.2. The van der Waals surface area contributed by atoms with Gasteiger partial charge in [-0.2, -0.15) is 0 Å². The van der Waals surface area contributed by atoms with Gasteiger partial charge in [0.25, 0.3) is 17.6 Å². The summed E-state index contributed by atoms with van der Waals surface area (Å²) in [6, 6.07) is 11.7. The average Bonchev–Trinajstić information content (AvgIpc) is 3.01. The summed E-state index contributed by atoms with van der Waals surface area (Å²) in [4.78, 5) is 38.5. The number of nitrogens with one attached hydrogen (secondary N) is 2. The lowest BCUT2D eigenvalue weighted by Crippen LogP contribution is -2.47. The number of carbonyl (C=O) groups excluding carboxylic acids is 3. The molecule has 0 aliphatic carbocycles. The number of hydroxylamine groups is 1. The molecule has 1 fully saturated rings. The highest BCUT2D eigenvalue weighted by Crippen LogP contribution is 2.46. The summed E-state index contributed by atoms with van der Waals surface area (Å²) < 4.78 is 12.5. The van der Waals surface area contributed by atoms with Crippen LogP contribution >= 0.6 is 15.9 Å². The number of amides is 3. The van der Waals surface area contributed by atoms with E-state index in [1.165, 1.54) is 12.1 Å². The Hall–Kier alpha value is -2.79. The first-order valence-corrected chi connectivity index (χ1v) is 11.0. The van der Waals surface area contributed by atoms with Crippen molar-refractivity contribution in [2.75, 3.05) is 30.0 Å². The van der Waals surface area contributed by atoms with Crippen LogP contribution in [-0.4, -0.2) is 42.7 Å². The number of nitrogens with zero attached hydrogens (tertiary/aromatic N) is 1. The molecular weight excluding hydrogens is 482 g/mol. The molecule has 0 aromatic heterocycles. The summed E-state index contributed by atoms with van der Waals surface area (Å²) in [5.41, 5.74) is 3.74. The molecular formula is C22H22BrN3O6. The zero-order chi connectivity index (χ0) is 22.7. The predicted molar refractivity (Wildman–Crippen MR) is 118 cm³/mol. The quantitative estimate of drug-likeness (QED) is 0.412. The third kappa shape index (κ3) is 4.26. The van der Waals surface area contributed by atoms with Gasteiger partial charge in [0.15, 0.2) is 0 Å². The Balaban J connectivity index is 1.38. The largest absolute Gasteiger partial charge is 0.338 e. The minimum atomic E-state index is -1.41. The molecule has 2 aliphatic rings. The normalized spacial score (nSPS) is 16.7. The van der Waals surface area contributed by atoms with Gasteiger partial charge in [-0.25, -0.2) is 5.48 Å². The van der Waals surface area contributed by atoms with Crippen molar-refractivity contribution in [3.63, 3.8) is 0 Å². The van der Waals surface area contributed by atoms with E-state index in [0.29, 0.717) is 37.4 Å². The maximum atomic E-state index is 13.2. The van der Waals surface area contributed by atoms with Crippen molar-refractivity contribution in [2.45, 2.75) is 25.0 Å². The molecule has 1 spiro atoms. The molecule has 168 valence electrons. The summed E-state index contributed by atoms with van der Waals surface area (Å²) in [7, 11) is 0. The zero-order valence-corrected chi connectivity index (χ0v) is 18.7. The minimum absolute atomic E-state index is 0.198. The van der Waals surface area contributed by atoms with Crippen LogP contribution in [0, 0.1) is 0 Å². The number of anilines is 2. The molecule has 9 nitrogen and oxygen atoms in total. The second-order valence-electron chi connectivity index (χ2n) is 7.46. The van der Waals surface area contributed by atoms with Gasteiger partial charge >= 0.3 is 0 Å². The molecule has 0 radical (unpaired) electrons. The summed E-state index contributed by atoms with van der Waals surface area (Å²) in [5, 5.41) is 11.4. The molecule has 3 N–H and O–H groups in total. The van der Waals surface area contributed by atoms with Gasteiger partial charge in [0, 0.05) is 34.3 Å². The molecule has 0 saturated carbocycles. The van der Waals surface area contributed by atoms with Crippen LogP contribution in [0.2, 0.25) is 0 Å². The van der Waals surface area contributed by atoms with Gasteiger partial charge in [-0.15, -0.1) is 0 Å². The standard InChI is InChI=1S/C22H22BrN3O6/c23-15-6-9-18-17(13-15)22(31-11-2-12-32-22)21(29)26(18)10-1-3-19(27)24-16-7-4-14(5-8-16)20(28)25-30/h4-9,13,30H,1-3,10-12H2,(H,24,27)(H,25,28). The summed E-state index contributed by atoms with van der Waals surface area (Å²) in [6.45, 7) is 1.21. The molecule has 2 aromatic rings. The Kier molecular flexibility index (Phi) is 6.56. The SMILES string of the molecule is O=C(CCCN1C(=O)C2(OCCCO2)c2cc(Br)ccc21)Nc1ccc(C(=O)NO)cc1. The fourth-order valence-electron chi connectivity index (χ4n) is 3.83. The summed E-state index contributed by atoms with van der Waals surface area (Å²) in [6.07, 6.45) is 1.36. The first kappa shape index (κ1) is 22.4. The van der Waals surface area contributed by atoms with Crippen LogP contribution in [0.1, 0.15) is 35.2 Å². The minimum Gasteiger partial charge on any atom is -0.338 e. The highest BCUT2D eigenvalue weighted by atomic mass is 79.9. The van der Waals surface area contributed by atoms with Crippen molar-refractivity contribution < 1.29 is 29.1 Å². The van der Waals surface area contributed by atoms with Crippen molar-refractivity contribution in [1.82, 2.24) is 5.48 Å². The molecule has 10 heteroatoms. The smallest absolute Gasteiger partial charge is 0.292 e. The third-order valence-corrected chi connectivity index (χ3v) is 5.84. The lowest BCUT2D eigenvalue weighted by atomic mass is 10.1. The first-order chi connectivity index (χ1) is 15.4. The fraction of sp³-hybridized carbons (Fsp3) is 0.318. The molecule has 2 aliphatic heterocycles. The molecule has 32 heavy (non-hydrogen) atoms. The van der Waals surface area contributed by atoms with Crippen molar-refractivity contribution in [2.24, 2.45) is 0 Å². The maximum Gasteiger partial charge on any atom is 0.292 e. The molecule has 0 bridgehead atoms. The van der Waals surface area contributed by atoms with Gasteiger partial charge in [0.2, 0.25) is 5.91 Å². The Labute approximate surface area is 192 Å². The summed E-state index contributed by atoms with van der Waals surface area (Å²) in [5.74, 6) is -2.54. The fourth-order valence-corrected chi connectivity index (χ4v) is 4.19. The molecule has 0 atom stereocenters. The number of hydrogen-bond donors (Lipinski definition) is 3. The number of halogens is 1. The number of hydrogen-bond acceptors (Lipinski definition) is 6. The maximum absolute atomic E-state index is 13.2.